The first-order chi connectivity index (χ1) is 5.77. The van der Waals surface area contributed by atoms with E-state index < -0.39 is 6.04 Å². The number of hydrogen-bond donors (Lipinski definition) is 2. The molecule has 1 heterocycles. The Morgan fingerprint density at radius 1 is 1.77 bits per heavy atom. The number of nitriles is 1. The van der Waals surface area contributed by atoms with Crippen LogP contribution < -0.4 is 11.1 Å². The lowest BCUT2D eigenvalue weighted by atomic mass is 9.98. The molecule has 4 nitrogen and oxygen atoms in total. The molecule has 2 atom stereocenters. The molecule has 1 aliphatic heterocycles. The quantitative estimate of drug-likeness (QED) is 0.616. The molecular formula is C8H12ClN3O. The number of halogens is 1. The third-order valence-electron chi connectivity index (χ3n) is 2.03. The average molecular weight is 202 g/mol. The average Bonchev–Trinajstić information content (AvgIpc) is 2.51. The van der Waals surface area contributed by atoms with Crippen molar-refractivity contribution >= 4 is 18.3 Å². The second-order valence-corrected chi connectivity index (χ2v) is 2.90. The molecule has 3 N–H and O–H groups in total. The highest BCUT2D eigenvalue weighted by Crippen LogP contribution is 2.21. The van der Waals surface area contributed by atoms with Crippen molar-refractivity contribution < 1.29 is 4.79 Å². The van der Waals surface area contributed by atoms with Gasteiger partial charge in [0.1, 0.15) is 5.94 Å². The summed E-state index contributed by atoms with van der Waals surface area (Å²) in [6, 6.07) is 1.47. The van der Waals surface area contributed by atoms with Crippen molar-refractivity contribution in [3.8, 4) is 6.07 Å². The normalized spacial score (nSPS) is 22.2. The Morgan fingerprint density at radius 2 is 2.46 bits per heavy atom. The molecule has 13 heavy (non-hydrogen) atoms. The lowest BCUT2D eigenvalue weighted by Gasteiger charge is -2.08. The van der Waals surface area contributed by atoms with Crippen LogP contribution in [0.5, 0.6) is 0 Å². The van der Waals surface area contributed by atoms with E-state index in [0.29, 0.717) is 12.1 Å². The van der Waals surface area contributed by atoms with Crippen molar-refractivity contribution in [1.29, 1.82) is 5.26 Å². The predicted molar refractivity (Wildman–Crippen MR) is 50.8 cm³/mol. The monoisotopic (exact) mass is 201 g/mol. The molecule has 1 saturated heterocycles. The van der Waals surface area contributed by atoms with Gasteiger partial charge in [0, 0.05) is 12.5 Å². The maximum absolute atomic E-state index is 10.3. The Labute approximate surface area is 83.2 Å². The SMILES string of the molecule is Cl.N#C[C@@H](N)C[C@@H]1CCNC1=C=O. The van der Waals surface area contributed by atoms with Crippen molar-refractivity contribution in [1.82, 2.24) is 5.32 Å². The lowest BCUT2D eigenvalue weighted by molar-refractivity contribution is 0.535. The number of nitrogens with one attached hydrogen (secondary N) is 1. The van der Waals surface area contributed by atoms with E-state index in [1.54, 1.807) is 0 Å². The van der Waals surface area contributed by atoms with E-state index in [2.05, 4.69) is 5.32 Å². The van der Waals surface area contributed by atoms with E-state index in [1.165, 1.54) is 0 Å². The molecule has 1 aliphatic rings. The van der Waals surface area contributed by atoms with Crippen LogP contribution >= 0.6 is 12.4 Å². The van der Waals surface area contributed by atoms with E-state index >= 15 is 0 Å². The number of rotatable bonds is 2. The number of nitrogens with two attached hydrogens (primary N) is 1. The Hall–Kier alpha value is -1.01. The fraction of sp³-hybridized carbons (Fsp3) is 0.625. The smallest absolute Gasteiger partial charge is 0.145 e. The Kier molecular flexibility index (Phi) is 5.17. The third-order valence-corrected chi connectivity index (χ3v) is 2.03. The van der Waals surface area contributed by atoms with Crippen molar-refractivity contribution in [2.24, 2.45) is 11.7 Å². The summed E-state index contributed by atoms with van der Waals surface area (Å²) in [5.74, 6) is 1.94. The fourth-order valence-electron chi connectivity index (χ4n) is 1.38. The molecular weight excluding hydrogens is 190 g/mol. The van der Waals surface area contributed by atoms with Gasteiger partial charge in [-0.25, -0.2) is 4.79 Å². The second kappa shape index (κ2) is 5.60. The molecule has 5 heteroatoms. The largest absolute Gasteiger partial charge is 0.379 e. The minimum Gasteiger partial charge on any atom is -0.379 e. The zero-order valence-electron chi connectivity index (χ0n) is 7.12. The van der Waals surface area contributed by atoms with E-state index in [4.69, 9.17) is 11.0 Å². The molecule has 0 aromatic heterocycles. The number of hydrogen-bond acceptors (Lipinski definition) is 4. The second-order valence-electron chi connectivity index (χ2n) is 2.90. The van der Waals surface area contributed by atoms with Gasteiger partial charge in [-0.3, -0.25) is 0 Å². The van der Waals surface area contributed by atoms with Gasteiger partial charge in [-0.15, -0.1) is 12.4 Å². The summed E-state index contributed by atoms with van der Waals surface area (Å²) in [4.78, 5) is 10.3. The van der Waals surface area contributed by atoms with Crippen LogP contribution in [0.3, 0.4) is 0 Å². The molecule has 1 rings (SSSR count). The van der Waals surface area contributed by atoms with Crippen molar-refractivity contribution in [2.45, 2.75) is 18.9 Å². The van der Waals surface area contributed by atoms with Crippen molar-refractivity contribution in [3.63, 3.8) is 0 Å². The van der Waals surface area contributed by atoms with Crippen LogP contribution in [0, 0.1) is 17.2 Å². The predicted octanol–water partition coefficient (Wildman–Crippen LogP) is -0.0258. The maximum Gasteiger partial charge on any atom is 0.145 e. The Bertz CT molecular complexity index is 255. The zero-order valence-corrected chi connectivity index (χ0v) is 7.93. The topological polar surface area (TPSA) is 78.9 Å². The first-order valence-electron chi connectivity index (χ1n) is 3.92. The summed E-state index contributed by atoms with van der Waals surface area (Å²) in [6.07, 6.45) is 1.42. The van der Waals surface area contributed by atoms with Gasteiger partial charge in [-0.2, -0.15) is 5.26 Å². The summed E-state index contributed by atoms with van der Waals surface area (Å²) in [7, 11) is 0. The number of allylic oxidation sites excluding steroid dienone is 1. The third kappa shape index (κ3) is 3.08. The first kappa shape index (κ1) is 12.0. The maximum atomic E-state index is 10.3. The van der Waals surface area contributed by atoms with Crippen LogP contribution in [0.4, 0.5) is 0 Å². The lowest BCUT2D eigenvalue weighted by Crippen LogP contribution is -2.22. The van der Waals surface area contributed by atoms with E-state index in [-0.39, 0.29) is 18.3 Å². The summed E-state index contributed by atoms with van der Waals surface area (Å²) in [5, 5.41) is 11.4. The van der Waals surface area contributed by atoms with E-state index in [0.717, 1.165) is 13.0 Å². The zero-order chi connectivity index (χ0) is 8.97. The Morgan fingerprint density at radius 3 is 3.00 bits per heavy atom. The molecule has 0 aliphatic carbocycles. The summed E-state index contributed by atoms with van der Waals surface area (Å²) in [6.45, 7) is 0.785. The van der Waals surface area contributed by atoms with Gasteiger partial charge >= 0.3 is 0 Å². The van der Waals surface area contributed by atoms with E-state index in [9.17, 15) is 4.79 Å². The highest BCUT2D eigenvalue weighted by atomic mass is 35.5. The molecule has 0 amide bonds. The standard InChI is InChI=1S/C8H11N3O.ClH/c9-4-7(10)3-6-1-2-11-8(6)5-12;/h6-7,11H,1-3,10H2;1H/t6-,7-;/m0./s1. The van der Waals surface area contributed by atoms with Gasteiger partial charge in [-0.1, -0.05) is 0 Å². The van der Waals surface area contributed by atoms with Crippen LogP contribution in [0.25, 0.3) is 0 Å². The van der Waals surface area contributed by atoms with Gasteiger partial charge in [-0.05, 0) is 12.8 Å². The molecule has 0 radical (unpaired) electrons. The summed E-state index contributed by atoms with van der Waals surface area (Å²) < 4.78 is 0. The van der Waals surface area contributed by atoms with Crippen LogP contribution in [0.2, 0.25) is 0 Å². The van der Waals surface area contributed by atoms with Crippen LogP contribution in [0.1, 0.15) is 12.8 Å². The van der Waals surface area contributed by atoms with Crippen molar-refractivity contribution in [3.05, 3.63) is 5.70 Å². The Balaban J connectivity index is 0.00000144. The highest BCUT2D eigenvalue weighted by molar-refractivity contribution is 5.85. The van der Waals surface area contributed by atoms with Gasteiger partial charge in [0.2, 0.25) is 0 Å². The molecule has 0 unspecified atom stereocenters. The molecule has 1 fully saturated rings. The number of carbonyl (C=O) groups excluding carboxylic acids is 1. The van der Waals surface area contributed by atoms with Gasteiger partial charge in [0.15, 0.2) is 0 Å². The molecule has 0 aromatic rings. The highest BCUT2D eigenvalue weighted by Gasteiger charge is 2.23. The summed E-state index contributed by atoms with van der Waals surface area (Å²) >= 11 is 0. The minimum atomic E-state index is -0.474. The first-order valence-corrected chi connectivity index (χ1v) is 3.92. The van der Waals surface area contributed by atoms with Gasteiger partial charge < -0.3 is 11.1 Å². The van der Waals surface area contributed by atoms with Crippen LogP contribution in [-0.4, -0.2) is 18.5 Å². The van der Waals surface area contributed by atoms with Crippen molar-refractivity contribution in [2.75, 3.05) is 6.54 Å². The molecule has 0 saturated carbocycles. The molecule has 0 spiro atoms. The molecule has 0 bridgehead atoms. The van der Waals surface area contributed by atoms with Gasteiger partial charge in [0.05, 0.1) is 17.8 Å². The van der Waals surface area contributed by atoms with E-state index in [1.807, 2.05) is 12.0 Å². The van der Waals surface area contributed by atoms with Crippen LogP contribution in [-0.2, 0) is 4.79 Å². The minimum absolute atomic E-state index is 0. The fourth-order valence-corrected chi connectivity index (χ4v) is 1.38. The molecule has 0 aromatic carbocycles. The van der Waals surface area contributed by atoms with Gasteiger partial charge in [0.25, 0.3) is 0 Å². The summed E-state index contributed by atoms with van der Waals surface area (Å²) in [5.41, 5.74) is 6.01. The number of nitrogens with zero attached hydrogens (tertiary/aromatic N) is 1. The van der Waals surface area contributed by atoms with Crippen LogP contribution in [0.15, 0.2) is 5.70 Å². The molecule has 72 valence electrons.